The van der Waals surface area contributed by atoms with E-state index in [0.29, 0.717) is 26.3 Å². The fourth-order valence-corrected chi connectivity index (χ4v) is 2.93. The van der Waals surface area contributed by atoms with E-state index in [1.807, 2.05) is 18.5 Å². The van der Waals surface area contributed by atoms with Crippen molar-refractivity contribution < 1.29 is 13.8 Å². The molecule has 0 aromatic heterocycles. The van der Waals surface area contributed by atoms with Crippen LogP contribution >= 0.6 is 7.52 Å². The molecule has 0 saturated carbocycles. The Labute approximate surface area is 91.1 Å². The molecule has 0 aliphatic carbocycles. The lowest BCUT2D eigenvalue weighted by Gasteiger charge is -2.30. The molecule has 1 atom stereocenters. The smallest absolute Gasteiger partial charge is 0.302 e. The molecule has 5 heteroatoms. The van der Waals surface area contributed by atoms with Crippen LogP contribution in [0.25, 0.3) is 0 Å². The molecule has 86 valence electrons. The molecule has 1 heterocycles. The molecule has 1 aliphatic rings. The number of hydrogen-bond donors (Lipinski definition) is 0. The number of nitrogens with zero attached hydrogens (tertiary/aromatic N) is 1. The summed E-state index contributed by atoms with van der Waals surface area (Å²) in [5.41, 5.74) is 3.94. The first-order valence-electron chi connectivity index (χ1n) is 4.98. The molecule has 0 amide bonds. The van der Waals surface area contributed by atoms with E-state index in [-0.39, 0.29) is 0 Å². The summed E-state index contributed by atoms with van der Waals surface area (Å²) < 4.78 is 24.5. The van der Waals surface area contributed by atoms with Gasteiger partial charge in [0.1, 0.15) is 0 Å². The van der Waals surface area contributed by atoms with Gasteiger partial charge in [0.05, 0.1) is 19.0 Å². The third-order valence-electron chi connectivity index (χ3n) is 2.16. The lowest BCUT2D eigenvalue weighted by molar-refractivity contribution is 0.0672. The average Bonchev–Trinajstić information content (AvgIpc) is 2.27. The van der Waals surface area contributed by atoms with Crippen molar-refractivity contribution in [2.24, 2.45) is 0 Å². The van der Waals surface area contributed by atoms with E-state index in [0.717, 1.165) is 5.57 Å². The Hall–Kier alpha value is -0.370. The van der Waals surface area contributed by atoms with E-state index in [2.05, 4.69) is 5.73 Å². The summed E-state index contributed by atoms with van der Waals surface area (Å²) in [4.78, 5) is 0. The van der Waals surface area contributed by atoms with Crippen molar-refractivity contribution in [2.45, 2.75) is 13.8 Å². The number of allylic oxidation sites excluding steroid dienone is 1. The van der Waals surface area contributed by atoms with Gasteiger partial charge in [-0.15, -0.1) is 5.73 Å². The molecule has 0 radical (unpaired) electrons. The van der Waals surface area contributed by atoms with Crippen molar-refractivity contribution in [3.8, 4) is 0 Å². The maximum atomic E-state index is 12.4. The van der Waals surface area contributed by atoms with Crippen LogP contribution in [0, 0.1) is 0 Å². The maximum absolute atomic E-state index is 12.4. The van der Waals surface area contributed by atoms with Crippen LogP contribution in [0.5, 0.6) is 0 Å². The van der Waals surface area contributed by atoms with Crippen LogP contribution in [0.4, 0.5) is 0 Å². The molecular weight excluding hydrogens is 213 g/mol. The molecule has 4 nitrogen and oxygen atoms in total. The Kier molecular flexibility index (Phi) is 4.78. The monoisotopic (exact) mass is 231 g/mol. The second-order valence-corrected chi connectivity index (χ2v) is 5.90. The Morgan fingerprint density at radius 1 is 1.47 bits per heavy atom. The number of ether oxygens (including phenoxy) is 1. The third kappa shape index (κ3) is 3.60. The molecule has 15 heavy (non-hydrogen) atoms. The van der Waals surface area contributed by atoms with E-state index in [1.54, 1.807) is 5.82 Å². The summed E-state index contributed by atoms with van der Waals surface area (Å²) >= 11 is 0. The molecule has 0 aromatic rings. The first-order chi connectivity index (χ1) is 7.08. The Morgan fingerprint density at radius 3 is 2.53 bits per heavy atom. The standard InChI is InChI=1S/C10H18NO3P/c1-10(2)4-9-15(12,13-3)11-5-7-14-8-6-11/h9H,5-8H2,1-3H3. The van der Waals surface area contributed by atoms with Crippen LogP contribution in [-0.4, -0.2) is 38.1 Å². The summed E-state index contributed by atoms with van der Waals surface area (Å²) in [6.07, 6.45) is 0. The molecule has 1 unspecified atom stereocenters. The van der Waals surface area contributed by atoms with Crippen LogP contribution in [0.2, 0.25) is 0 Å². The van der Waals surface area contributed by atoms with Gasteiger partial charge in [0.2, 0.25) is 0 Å². The van der Waals surface area contributed by atoms with Crippen molar-refractivity contribution in [1.82, 2.24) is 4.67 Å². The van der Waals surface area contributed by atoms with Gasteiger partial charge in [0.15, 0.2) is 0 Å². The minimum absolute atomic E-state index is 0.607. The average molecular weight is 231 g/mol. The largest absolute Gasteiger partial charge is 0.379 e. The Morgan fingerprint density at radius 2 is 2.07 bits per heavy atom. The lowest BCUT2D eigenvalue weighted by atomic mass is 10.4. The summed E-state index contributed by atoms with van der Waals surface area (Å²) in [6, 6.07) is 0. The summed E-state index contributed by atoms with van der Waals surface area (Å²) in [5.74, 6) is 1.55. The molecule has 1 aliphatic heterocycles. The normalized spacial score (nSPS) is 21.5. The minimum Gasteiger partial charge on any atom is -0.379 e. The fourth-order valence-electron chi connectivity index (χ4n) is 1.29. The van der Waals surface area contributed by atoms with Crippen molar-refractivity contribution in [3.63, 3.8) is 0 Å². The zero-order valence-electron chi connectivity index (χ0n) is 9.52. The van der Waals surface area contributed by atoms with Crippen LogP contribution in [0.15, 0.2) is 17.1 Å². The SMILES string of the molecule is COP(=O)(C=C=C(C)C)N1CCOCC1. The maximum Gasteiger partial charge on any atom is 0.302 e. The number of hydrogen-bond acceptors (Lipinski definition) is 3. The highest BCUT2D eigenvalue weighted by Crippen LogP contribution is 2.51. The van der Waals surface area contributed by atoms with Gasteiger partial charge >= 0.3 is 7.52 Å². The molecule has 1 fully saturated rings. The predicted molar refractivity (Wildman–Crippen MR) is 60.0 cm³/mol. The number of rotatable bonds is 3. The summed E-state index contributed by atoms with van der Waals surface area (Å²) in [7, 11) is -1.36. The molecule has 1 saturated heterocycles. The van der Waals surface area contributed by atoms with Crippen molar-refractivity contribution >= 4 is 7.52 Å². The van der Waals surface area contributed by atoms with E-state index in [1.165, 1.54) is 7.11 Å². The highest BCUT2D eigenvalue weighted by molar-refractivity contribution is 7.59. The summed E-state index contributed by atoms with van der Waals surface area (Å²) in [5, 5.41) is 0. The van der Waals surface area contributed by atoms with E-state index < -0.39 is 7.52 Å². The van der Waals surface area contributed by atoms with Gasteiger partial charge in [-0.3, -0.25) is 4.57 Å². The highest BCUT2D eigenvalue weighted by Gasteiger charge is 2.29. The van der Waals surface area contributed by atoms with Gasteiger partial charge in [0, 0.05) is 20.2 Å². The van der Waals surface area contributed by atoms with Gasteiger partial charge < -0.3 is 9.26 Å². The highest BCUT2D eigenvalue weighted by atomic mass is 31.2. The molecular formula is C10H18NO3P. The van der Waals surface area contributed by atoms with Gasteiger partial charge in [-0.1, -0.05) is 0 Å². The van der Waals surface area contributed by atoms with Gasteiger partial charge in [-0.25, -0.2) is 4.67 Å². The quantitative estimate of drug-likeness (QED) is 0.551. The van der Waals surface area contributed by atoms with Crippen molar-refractivity contribution in [3.05, 3.63) is 17.1 Å². The van der Waals surface area contributed by atoms with Crippen LogP contribution in [-0.2, 0) is 13.8 Å². The van der Waals surface area contributed by atoms with Crippen LogP contribution < -0.4 is 0 Å². The topological polar surface area (TPSA) is 38.8 Å². The first-order valence-corrected chi connectivity index (χ1v) is 6.63. The second kappa shape index (κ2) is 5.64. The third-order valence-corrected chi connectivity index (χ3v) is 4.33. The molecule has 0 spiro atoms. The van der Waals surface area contributed by atoms with Crippen molar-refractivity contribution in [2.75, 3.05) is 33.4 Å². The van der Waals surface area contributed by atoms with Gasteiger partial charge in [0.25, 0.3) is 0 Å². The molecule has 0 aromatic carbocycles. The predicted octanol–water partition coefficient (Wildman–Crippen LogP) is 2.24. The van der Waals surface area contributed by atoms with Crippen LogP contribution in [0.3, 0.4) is 0 Å². The molecule has 0 bridgehead atoms. The van der Waals surface area contributed by atoms with Gasteiger partial charge in [-0.05, 0) is 19.4 Å². The van der Waals surface area contributed by atoms with Crippen LogP contribution in [0.1, 0.15) is 13.8 Å². The summed E-state index contributed by atoms with van der Waals surface area (Å²) in [6.45, 7) is 6.33. The number of morpholine rings is 1. The second-order valence-electron chi connectivity index (χ2n) is 3.59. The molecule has 0 N–H and O–H groups in total. The first kappa shape index (κ1) is 12.7. The van der Waals surface area contributed by atoms with E-state index in [9.17, 15) is 4.57 Å². The van der Waals surface area contributed by atoms with Gasteiger partial charge in [-0.2, -0.15) is 0 Å². The minimum atomic E-state index is -2.83. The Bertz CT molecular complexity index is 311. The fraction of sp³-hybridized carbons (Fsp3) is 0.700. The van der Waals surface area contributed by atoms with E-state index >= 15 is 0 Å². The lowest BCUT2D eigenvalue weighted by Crippen LogP contribution is -2.33. The molecule has 1 rings (SSSR count). The zero-order valence-corrected chi connectivity index (χ0v) is 10.4. The Balaban J connectivity index is 2.83. The van der Waals surface area contributed by atoms with E-state index in [4.69, 9.17) is 9.26 Å². The zero-order chi connectivity index (χ0) is 11.3. The van der Waals surface area contributed by atoms with Crippen molar-refractivity contribution in [1.29, 1.82) is 0 Å².